The number of nitrogens with one attached hydrogen (secondary N) is 1. The van der Waals surface area contributed by atoms with Crippen molar-refractivity contribution in [3.63, 3.8) is 0 Å². The van der Waals surface area contributed by atoms with Crippen molar-refractivity contribution >= 4 is 28.9 Å². The zero-order chi connectivity index (χ0) is 17.8. The molecule has 1 saturated heterocycles. The van der Waals surface area contributed by atoms with Crippen LogP contribution in [0.2, 0.25) is 5.02 Å². The summed E-state index contributed by atoms with van der Waals surface area (Å²) in [4.78, 5) is 21.2. The van der Waals surface area contributed by atoms with Gasteiger partial charge in [0.25, 0.3) is 5.91 Å². The molecule has 0 unspecified atom stereocenters. The van der Waals surface area contributed by atoms with Crippen LogP contribution in [0.1, 0.15) is 10.4 Å². The summed E-state index contributed by atoms with van der Waals surface area (Å²) in [5.41, 5.74) is 2.15. The number of ether oxygens (including phenoxy) is 1. The molecule has 1 amide bonds. The Bertz CT molecular complexity index is 743. The Balaban J connectivity index is 1.80. The van der Waals surface area contributed by atoms with E-state index in [0.717, 1.165) is 31.9 Å². The number of rotatable bonds is 4. The molecule has 7 heteroatoms. The molecule has 132 valence electrons. The van der Waals surface area contributed by atoms with Gasteiger partial charge in [-0.15, -0.1) is 0 Å². The second-order valence-corrected chi connectivity index (χ2v) is 6.43. The fourth-order valence-electron chi connectivity index (χ4n) is 2.76. The first-order chi connectivity index (χ1) is 12.1. The van der Waals surface area contributed by atoms with Gasteiger partial charge in [-0.3, -0.25) is 4.79 Å². The highest BCUT2D eigenvalue weighted by Gasteiger charge is 2.19. The summed E-state index contributed by atoms with van der Waals surface area (Å²) in [5.74, 6) is 0.241. The topological polar surface area (TPSA) is 57.7 Å². The normalized spacial score (nSPS) is 15.1. The summed E-state index contributed by atoms with van der Waals surface area (Å²) in [5, 5.41) is 3.54. The third kappa shape index (κ3) is 4.21. The summed E-state index contributed by atoms with van der Waals surface area (Å²) in [6.45, 7) is 3.78. The molecule has 1 aromatic carbocycles. The van der Waals surface area contributed by atoms with Gasteiger partial charge in [0.1, 0.15) is 0 Å². The number of anilines is 2. The average molecular weight is 361 g/mol. The lowest BCUT2D eigenvalue weighted by molar-refractivity contribution is 0.102. The molecule has 25 heavy (non-hydrogen) atoms. The molecular formula is C18H21ClN4O2. The van der Waals surface area contributed by atoms with Gasteiger partial charge in [-0.2, -0.15) is 0 Å². The second kappa shape index (κ2) is 7.72. The quantitative estimate of drug-likeness (QED) is 0.908. The van der Waals surface area contributed by atoms with Crippen LogP contribution in [0.15, 0.2) is 36.5 Å². The van der Waals surface area contributed by atoms with Gasteiger partial charge in [0.15, 0.2) is 0 Å². The van der Waals surface area contributed by atoms with E-state index < -0.39 is 0 Å². The number of likely N-dealkylation sites (N-methyl/N-ethyl adjacent to an activating group) is 1. The molecule has 1 fully saturated rings. The third-order valence-corrected chi connectivity index (χ3v) is 4.49. The molecule has 3 rings (SSSR count). The Kier molecular flexibility index (Phi) is 5.40. The first kappa shape index (κ1) is 17.5. The molecular weight excluding hydrogens is 340 g/mol. The van der Waals surface area contributed by atoms with Crippen molar-refractivity contribution in [2.24, 2.45) is 0 Å². The van der Waals surface area contributed by atoms with Gasteiger partial charge in [-0.1, -0.05) is 11.6 Å². The molecule has 2 aromatic rings. The summed E-state index contributed by atoms with van der Waals surface area (Å²) < 4.78 is 5.02. The number of piperazine rings is 1. The Hall–Kier alpha value is -2.31. The highest BCUT2D eigenvalue weighted by molar-refractivity contribution is 6.31. The second-order valence-electron chi connectivity index (χ2n) is 6.00. The average Bonchev–Trinajstić information content (AvgIpc) is 2.63. The molecule has 0 atom stereocenters. The molecule has 0 radical (unpaired) electrons. The minimum Gasteiger partial charge on any atom is -0.481 e. The van der Waals surface area contributed by atoms with E-state index in [0.29, 0.717) is 22.2 Å². The predicted octanol–water partition coefficient (Wildman–Crippen LogP) is 2.75. The fraction of sp³-hybridized carbons (Fsp3) is 0.333. The molecule has 1 aliphatic rings. The molecule has 1 N–H and O–H groups in total. The highest BCUT2D eigenvalue weighted by Crippen LogP contribution is 2.30. The van der Waals surface area contributed by atoms with E-state index in [-0.39, 0.29) is 5.91 Å². The number of methoxy groups -OCH3 is 1. The van der Waals surface area contributed by atoms with Crippen LogP contribution in [0.4, 0.5) is 11.4 Å². The summed E-state index contributed by atoms with van der Waals surface area (Å²) >= 11 is 6.14. The highest BCUT2D eigenvalue weighted by atomic mass is 35.5. The van der Waals surface area contributed by atoms with Crippen LogP contribution >= 0.6 is 11.6 Å². The first-order valence-electron chi connectivity index (χ1n) is 8.11. The summed E-state index contributed by atoms with van der Waals surface area (Å²) in [7, 11) is 3.65. The van der Waals surface area contributed by atoms with Crippen molar-refractivity contribution in [1.29, 1.82) is 0 Å². The van der Waals surface area contributed by atoms with E-state index in [2.05, 4.69) is 27.1 Å². The first-order valence-corrected chi connectivity index (χ1v) is 8.49. The number of aromatic nitrogens is 1. The number of carbonyl (C=O) groups is 1. The van der Waals surface area contributed by atoms with E-state index in [1.807, 2.05) is 12.1 Å². The zero-order valence-electron chi connectivity index (χ0n) is 14.3. The molecule has 0 saturated carbocycles. The molecule has 6 nitrogen and oxygen atoms in total. The molecule has 0 aliphatic carbocycles. The number of carbonyl (C=O) groups excluding carboxylic acids is 1. The summed E-state index contributed by atoms with van der Waals surface area (Å²) in [6.07, 6.45) is 1.49. The van der Waals surface area contributed by atoms with E-state index >= 15 is 0 Å². The van der Waals surface area contributed by atoms with Crippen LogP contribution in [0, 0.1) is 0 Å². The Labute approximate surface area is 152 Å². The maximum Gasteiger partial charge on any atom is 0.257 e. The van der Waals surface area contributed by atoms with Crippen LogP contribution in [-0.4, -0.2) is 56.1 Å². The van der Waals surface area contributed by atoms with E-state index in [4.69, 9.17) is 16.3 Å². The smallest absolute Gasteiger partial charge is 0.257 e. The zero-order valence-corrected chi connectivity index (χ0v) is 15.1. The van der Waals surface area contributed by atoms with Gasteiger partial charge in [-0.05, 0) is 31.3 Å². The number of halogens is 1. The van der Waals surface area contributed by atoms with Crippen molar-refractivity contribution < 1.29 is 9.53 Å². The number of hydrogen-bond acceptors (Lipinski definition) is 5. The van der Waals surface area contributed by atoms with Crippen molar-refractivity contribution in [2.75, 3.05) is 50.6 Å². The van der Waals surface area contributed by atoms with Crippen molar-refractivity contribution in [1.82, 2.24) is 9.88 Å². The Morgan fingerprint density at radius 3 is 2.60 bits per heavy atom. The number of pyridine rings is 1. The minimum absolute atomic E-state index is 0.229. The predicted molar refractivity (Wildman–Crippen MR) is 99.9 cm³/mol. The van der Waals surface area contributed by atoms with Crippen LogP contribution in [0.5, 0.6) is 5.88 Å². The molecule has 2 heterocycles. The largest absolute Gasteiger partial charge is 0.481 e. The van der Waals surface area contributed by atoms with Crippen molar-refractivity contribution in [2.45, 2.75) is 0 Å². The standard InChI is InChI=1S/C18H21ClN4O2/c1-22-7-9-23(10-8-22)16-5-4-14(19)11-15(16)21-18(24)13-3-6-17(25-2)20-12-13/h3-6,11-12H,7-10H2,1-2H3,(H,21,24). The monoisotopic (exact) mass is 360 g/mol. The minimum atomic E-state index is -0.229. The van der Waals surface area contributed by atoms with E-state index in [9.17, 15) is 4.79 Å². The lowest BCUT2D eigenvalue weighted by Crippen LogP contribution is -2.44. The molecule has 0 spiro atoms. The number of hydrogen-bond donors (Lipinski definition) is 1. The van der Waals surface area contributed by atoms with Crippen molar-refractivity contribution in [3.05, 3.63) is 47.1 Å². The van der Waals surface area contributed by atoms with Gasteiger partial charge in [0.2, 0.25) is 5.88 Å². The van der Waals surface area contributed by atoms with Crippen LogP contribution < -0.4 is 15.0 Å². The SMILES string of the molecule is COc1ccc(C(=O)Nc2cc(Cl)ccc2N2CCN(C)CC2)cn1. The molecule has 1 aromatic heterocycles. The third-order valence-electron chi connectivity index (χ3n) is 4.26. The fourth-order valence-corrected chi connectivity index (χ4v) is 2.93. The number of amides is 1. The van der Waals surface area contributed by atoms with Crippen LogP contribution in [0.3, 0.4) is 0 Å². The van der Waals surface area contributed by atoms with Crippen molar-refractivity contribution in [3.8, 4) is 5.88 Å². The Morgan fingerprint density at radius 1 is 1.20 bits per heavy atom. The van der Waals surface area contributed by atoms with Crippen LogP contribution in [-0.2, 0) is 0 Å². The van der Waals surface area contributed by atoms with E-state index in [1.54, 1.807) is 18.2 Å². The lowest BCUT2D eigenvalue weighted by atomic mass is 10.2. The van der Waals surface area contributed by atoms with Gasteiger partial charge in [0.05, 0.1) is 24.0 Å². The summed E-state index contributed by atoms with van der Waals surface area (Å²) in [6, 6.07) is 8.93. The maximum absolute atomic E-state index is 12.6. The molecule has 1 aliphatic heterocycles. The maximum atomic E-state index is 12.6. The van der Waals surface area contributed by atoms with Gasteiger partial charge in [0, 0.05) is 43.5 Å². The number of nitrogens with zero attached hydrogens (tertiary/aromatic N) is 3. The number of benzene rings is 1. The lowest BCUT2D eigenvalue weighted by Gasteiger charge is -2.35. The Morgan fingerprint density at radius 2 is 1.96 bits per heavy atom. The van der Waals surface area contributed by atoms with Gasteiger partial charge >= 0.3 is 0 Å². The van der Waals surface area contributed by atoms with Gasteiger partial charge < -0.3 is 19.9 Å². The van der Waals surface area contributed by atoms with Crippen LogP contribution in [0.25, 0.3) is 0 Å². The van der Waals surface area contributed by atoms with Gasteiger partial charge in [-0.25, -0.2) is 4.98 Å². The van der Waals surface area contributed by atoms with E-state index in [1.165, 1.54) is 13.3 Å². The molecule has 0 bridgehead atoms.